The third kappa shape index (κ3) is 1.70. The van der Waals surface area contributed by atoms with Crippen molar-refractivity contribution in [2.75, 3.05) is 6.61 Å². The van der Waals surface area contributed by atoms with E-state index in [9.17, 15) is 4.79 Å². The molecular weight excluding hydrogens is 224 g/mol. The summed E-state index contributed by atoms with van der Waals surface area (Å²) < 4.78 is 5.68. The second kappa shape index (κ2) is 4.30. The summed E-state index contributed by atoms with van der Waals surface area (Å²) in [5.74, 6) is 1.02. The van der Waals surface area contributed by atoms with Gasteiger partial charge in [-0.1, -0.05) is 37.3 Å². The Morgan fingerprint density at radius 2 is 2.06 bits per heavy atom. The van der Waals surface area contributed by atoms with Gasteiger partial charge in [-0.3, -0.25) is 4.79 Å². The van der Waals surface area contributed by atoms with Crippen LogP contribution in [0, 0.1) is 0 Å². The number of carbonyl (C=O) groups is 1. The zero-order valence-electron chi connectivity index (χ0n) is 10.3. The molecule has 0 aromatic heterocycles. The van der Waals surface area contributed by atoms with Crippen LogP contribution in [0.5, 0.6) is 5.75 Å². The van der Waals surface area contributed by atoms with E-state index in [0.29, 0.717) is 13.0 Å². The van der Waals surface area contributed by atoms with Crippen LogP contribution < -0.4 is 4.74 Å². The topological polar surface area (TPSA) is 26.3 Å². The molecule has 0 saturated heterocycles. The normalized spacial score (nSPS) is 13.7. The lowest BCUT2D eigenvalue weighted by atomic mass is 9.98. The molecular formula is C16H14O2. The SMILES string of the molecule is CCC(=O)C1=Cc2c(ccc3ccccc23)OC1. The molecule has 0 N–H and O–H groups in total. The maximum absolute atomic E-state index is 11.8. The van der Waals surface area contributed by atoms with Gasteiger partial charge in [0.2, 0.25) is 0 Å². The van der Waals surface area contributed by atoms with Gasteiger partial charge >= 0.3 is 0 Å². The average Bonchev–Trinajstić information content (AvgIpc) is 2.45. The van der Waals surface area contributed by atoms with E-state index in [4.69, 9.17) is 4.74 Å². The van der Waals surface area contributed by atoms with Crippen molar-refractivity contribution in [1.82, 2.24) is 0 Å². The summed E-state index contributed by atoms with van der Waals surface area (Å²) in [6.45, 7) is 2.26. The van der Waals surface area contributed by atoms with E-state index in [1.807, 2.05) is 31.2 Å². The minimum Gasteiger partial charge on any atom is -0.488 e. The molecule has 1 heterocycles. The fraction of sp³-hybridized carbons (Fsp3) is 0.188. The first-order valence-corrected chi connectivity index (χ1v) is 6.18. The lowest BCUT2D eigenvalue weighted by Crippen LogP contribution is -2.14. The van der Waals surface area contributed by atoms with Gasteiger partial charge in [0.05, 0.1) is 0 Å². The van der Waals surface area contributed by atoms with E-state index in [1.54, 1.807) is 0 Å². The molecule has 0 unspecified atom stereocenters. The molecule has 3 rings (SSSR count). The molecule has 0 atom stereocenters. The van der Waals surface area contributed by atoms with Crippen LogP contribution in [0.15, 0.2) is 42.0 Å². The Hall–Kier alpha value is -2.09. The molecule has 90 valence electrons. The zero-order chi connectivity index (χ0) is 12.5. The molecule has 2 nitrogen and oxygen atoms in total. The van der Waals surface area contributed by atoms with Crippen LogP contribution in [0.4, 0.5) is 0 Å². The van der Waals surface area contributed by atoms with Gasteiger partial charge in [0.1, 0.15) is 12.4 Å². The van der Waals surface area contributed by atoms with Crippen LogP contribution in [0.1, 0.15) is 18.9 Å². The molecule has 18 heavy (non-hydrogen) atoms. The molecule has 0 spiro atoms. The minimum atomic E-state index is 0.161. The number of ether oxygens (including phenoxy) is 1. The number of benzene rings is 2. The second-order valence-electron chi connectivity index (χ2n) is 4.43. The Morgan fingerprint density at radius 1 is 1.22 bits per heavy atom. The van der Waals surface area contributed by atoms with E-state index in [-0.39, 0.29) is 5.78 Å². The molecule has 2 aromatic rings. The van der Waals surface area contributed by atoms with E-state index in [2.05, 4.69) is 18.2 Å². The highest BCUT2D eigenvalue weighted by Gasteiger charge is 2.17. The smallest absolute Gasteiger partial charge is 0.162 e. The zero-order valence-corrected chi connectivity index (χ0v) is 10.3. The summed E-state index contributed by atoms with van der Waals surface area (Å²) in [5, 5.41) is 2.30. The molecule has 0 aliphatic carbocycles. The van der Waals surface area contributed by atoms with E-state index >= 15 is 0 Å². The second-order valence-corrected chi connectivity index (χ2v) is 4.43. The van der Waals surface area contributed by atoms with Gasteiger partial charge in [-0.25, -0.2) is 0 Å². The number of Topliss-reactive ketones (excluding diaryl/α,β-unsaturated/α-hetero) is 1. The maximum Gasteiger partial charge on any atom is 0.162 e. The van der Waals surface area contributed by atoms with Crippen LogP contribution in [0.3, 0.4) is 0 Å². The first-order valence-electron chi connectivity index (χ1n) is 6.18. The van der Waals surface area contributed by atoms with Crippen molar-refractivity contribution >= 4 is 22.6 Å². The Bertz CT molecular complexity index is 653. The van der Waals surface area contributed by atoms with Gasteiger partial charge < -0.3 is 4.74 Å². The predicted molar refractivity (Wildman–Crippen MR) is 72.7 cm³/mol. The van der Waals surface area contributed by atoms with Crippen LogP contribution >= 0.6 is 0 Å². The van der Waals surface area contributed by atoms with Crippen molar-refractivity contribution < 1.29 is 9.53 Å². The number of hydrogen-bond donors (Lipinski definition) is 0. The average molecular weight is 238 g/mol. The lowest BCUT2D eigenvalue weighted by molar-refractivity contribution is -0.115. The maximum atomic E-state index is 11.8. The summed E-state index contributed by atoms with van der Waals surface area (Å²) in [6.07, 6.45) is 2.50. The van der Waals surface area contributed by atoms with E-state index < -0.39 is 0 Å². The summed E-state index contributed by atoms with van der Waals surface area (Å²) in [4.78, 5) is 11.8. The summed E-state index contributed by atoms with van der Waals surface area (Å²) >= 11 is 0. The Balaban J connectivity index is 2.22. The molecule has 1 aliphatic rings. The van der Waals surface area contributed by atoms with Crippen molar-refractivity contribution in [2.45, 2.75) is 13.3 Å². The molecule has 0 fully saturated rings. The lowest BCUT2D eigenvalue weighted by Gasteiger charge is -2.18. The number of rotatable bonds is 2. The molecule has 2 aromatic carbocycles. The highest BCUT2D eigenvalue weighted by atomic mass is 16.5. The highest BCUT2D eigenvalue weighted by Crippen LogP contribution is 2.33. The third-order valence-electron chi connectivity index (χ3n) is 3.31. The van der Waals surface area contributed by atoms with Crippen molar-refractivity contribution in [3.8, 4) is 5.75 Å². The van der Waals surface area contributed by atoms with E-state index in [1.165, 1.54) is 5.39 Å². The number of hydrogen-bond acceptors (Lipinski definition) is 2. The quantitative estimate of drug-likeness (QED) is 0.799. The molecule has 0 bridgehead atoms. The number of fused-ring (bicyclic) bond motifs is 3. The molecule has 0 saturated carbocycles. The molecule has 2 heteroatoms. The number of ketones is 1. The summed E-state index contributed by atoms with van der Waals surface area (Å²) in [5.41, 5.74) is 1.79. The highest BCUT2D eigenvalue weighted by molar-refractivity contribution is 6.04. The van der Waals surface area contributed by atoms with Crippen LogP contribution in [0.25, 0.3) is 16.8 Å². The summed E-state index contributed by atoms with van der Waals surface area (Å²) in [6, 6.07) is 12.2. The van der Waals surface area contributed by atoms with Crippen molar-refractivity contribution in [2.24, 2.45) is 0 Å². The van der Waals surface area contributed by atoms with Gasteiger partial charge in [-0.05, 0) is 22.9 Å². The third-order valence-corrected chi connectivity index (χ3v) is 3.31. The Labute approximate surface area is 106 Å². The van der Waals surface area contributed by atoms with Crippen LogP contribution in [-0.2, 0) is 4.79 Å². The van der Waals surface area contributed by atoms with Crippen molar-refractivity contribution in [3.63, 3.8) is 0 Å². The minimum absolute atomic E-state index is 0.161. The standard InChI is InChI=1S/C16H14O2/c1-2-15(17)12-9-14-13-6-4-3-5-11(13)7-8-16(14)18-10-12/h3-9H,2,10H2,1H3. The van der Waals surface area contributed by atoms with Gasteiger partial charge in [0.15, 0.2) is 5.78 Å². The first kappa shape index (κ1) is 11.0. The van der Waals surface area contributed by atoms with Crippen molar-refractivity contribution in [3.05, 3.63) is 47.5 Å². The molecule has 0 amide bonds. The first-order chi connectivity index (χ1) is 8.79. The fourth-order valence-corrected chi connectivity index (χ4v) is 2.31. The van der Waals surface area contributed by atoms with Gasteiger partial charge in [0.25, 0.3) is 0 Å². The van der Waals surface area contributed by atoms with Gasteiger partial charge in [-0.15, -0.1) is 0 Å². The Morgan fingerprint density at radius 3 is 2.89 bits per heavy atom. The summed E-state index contributed by atoms with van der Waals surface area (Å²) in [7, 11) is 0. The van der Waals surface area contributed by atoms with E-state index in [0.717, 1.165) is 22.3 Å². The van der Waals surface area contributed by atoms with Gasteiger partial charge in [-0.2, -0.15) is 0 Å². The number of carbonyl (C=O) groups excluding carboxylic acids is 1. The van der Waals surface area contributed by atoms with Gasteiger partial charge in [0, 0.05) is 17.6 Å². The van der Waals surface area contributed by atoms with Crippen molar-refractivity contribution in [1.29, 1.82) is 0 Å². The van der Waals surface area contributed by atoms with Crippen LogP contribution in [-0.4, -0.2) is 12.4 Å². The largest absolute Gasteiger partial charge is 0.488 e. The fourth-order valence-electron chi connectivity index (χ4n) is 2.31. The Kier molecular flexibility index (Phi) is 2.63. The van der Waals surface area contributed by atoms with Crippen LogP contribution in [0.2, 0.25) is 0 Å². The predicted octanol–water partition coefficient (Wildman–Crippen LogP) is 3.59. The molecule has 0 radical (unpaired) electrons. The molecule has 1 aliphatic heterocycles. The monoisotopic (exact) mass is 238 g/mol.